The Hall–Kier alpha value is 0.350. The molecule has 0 spiro atoms. The topological polar surface area (TPSA) is 63.6 Å². The first kappa shape index (κ1) is 34.5. The van der Waals surface area contributed by atoms with Crippen molar-refractivity contribution in [3.8, 4) is 0 Å². The molecule has 0 aromatic heterocycles. The molecule has 0 saturated carbocycles. The second-order valence-corrected chi connectivity index (χ2v) is 9.88. The zero-order chi connectivity index (χ0) is 23.0. The molecule has 1 aromatic carbocycles. The van der Waals surface area contributed by atoms with Gasteiger partial charge in [0.15, 0.2) is 0 Å². The van der Waals surface area contributed by atoms with E-state index in [9.17, 15) is 8.42 Å². The van der Waals surface area contributed by atoms with Crippen LogP contribution in [0.2, 0.25) is 0 Å². The number of unbranched alkanes of at least 4 members (excludes halogenated alkanes) is 14. The molecule has 32 heavy (non-hydrogen) atoms. The average Bonchev–Trinajstić information content (AvgIpc) is 2.78. The van der Waals surface area contributed by atoms with Gasteiger partial charge in [-0.05, 0) is 25.0 Å². The van der Waals surface area contributed by atoms with E-state index in [-0.39, 0.29) is 49.2 Å². The van der Waals surface area contributed by atoms with E-state index in [0.717, 1.165) is 19.3 Å². The van der Waals surface area contributed by atoms with Crippen molar-refractivity contribution in [1.82, 2.24) is 0 Å². The van der Waals surface area contributed by atoms with Crippen molar-refractivity contribution in [3.63, 3.8) is 0 Å². The molecule has 0 aliphatic carbocycles. The fraction of sp³-hybridized carbons (Fsp3) is 0.769. The van der Waals surface area contributed by atoms with Crippen molar-refractivity contribution < 1.29 is 17.7 Å². The van der Waals surface area contributed by atoms with Crippen LogP contribution in [0.4, 0.5) is 0 Å². The van der Waals surface area contributed by atoms with Gasteiger partial charge in [-0.25, -0.2) is 0 Å². The third-order valence-electron chi connectivity index (χ3n) is 5.28. The summed E-state index contributed by atoms with van der Waals surface area (Å²) in [6, 6.07) is 8.33. The van der Waals surface area contributed by atoms with Gasteiger partial charge < -0.3 is 5.11 Å². The Morgan fingerprint density at radius 3 is 1.50 bits per heavy atom. The summed E-state index contributed by atoms with van der Waals surface area (Å²) >= 11 is 0. The third kappa shape index (κ3) is 22.2. The zero-order valence-electron chi connectivity index (χ0n) is 20.2. The van der Waals surface area contributed by atoms with Crippen LogP contribution in [-0.2, 0) is 14.3 Å². The van der Waals surface area contributed by atoms with Crippen molar-refractivity contribution in [2.24, 2.45) is 0 Å². The summed E-state index contributed by atoms with van der Waals surface area (Å²) in [6.07, 6.45) is 19.8. The van der Waals surface area contributed by atoms with E-state index in [0.29, 0.717) is 6.61 Å². The van der Waals surface area contributed by atoms with Crippen molar-refractivity contribution in [1.29, 1.82) is 0 Å². The Morgan fingerprint density at radius 1 is 0.656 bits per heavy atom. The Morgan fingerprint density at radius 2 is 1.06 bits per heavy atom. The predicted octanol–water partition coefficient (Wildman–Crippen LogP) is 6.74. The number of aliphatic hydroxyl groups excluding tert-OH is 1. The monoisotopic (exact) mass is 498 g/mol. The van der Waals surface area contributed by atoms with Crippen LogP contribution in [0.3, 0.4) is 0 Å². The van der Waals surface area contributed by atoms with E-state index < -0.39 is 10.1 Å². The molecule has 186 valence electrons. The second kappa shape index (κ2) is 26.0. The molecule has 0 aliphatic heterocycles. The minimum atomic E-state index is -3.57. The summed E-state index contributed by atoms with van der Waals surface area (Å²) < 4.78 is 28.8. The van der Waals surface area contributed by atoms with E-state index in [1.165, 1.54) is 83.5 Å². The SMILES string of the molecule is CCCCCCCCCCCCOS(=O)(=O)c1ccccc1.CCCCCCCCO.[CaH2]. The molecule has 0 amide bonds. The van der Waals surface area contributed by atoms with Crippen LogP contribution in [0.15, 0.2) is 35.2 Å². The molecule has 0 unspecified atom stereocenters. The van der Waals surface area contributed by atoms with Crippen molar-refractivity contribution >= 4 is 47.9 Å². The van der Waals surface area contributed by atoms with Crippen LogP contribution < -0.4 is 0 Å². The Labute approximate surface area is 229 Å². The number of aliphatic hydroxyl groups is 1. The van der Waals surface area contributed by atoms with Gasteiger partial charge in [-0.15, -0.1) is 0 Å². The van der Waals surface area contributed by atoms with Gasteiger partial charge in [0, 0.05) is 6.61 Å². The summed E-state index contributed by atoms with van der Waals surface area (Å²) in [5.41, 5.74) is 0. The van der Waals surface area contributed by atoms with Gasteiger partial charge in [0.2, 0.25) is 0 Å². The van der Waals surface area contributed by atoms with Crippen LogP contribution in [-0.4, -0.2) is 64.5 Å². The number of hydrogen-bond donors (Lipinski definition) is 1. The zero-order valence-corrected chi connectivity index (χ0v) is 21.0. The van der Waals surface area contributed by atoms with Crippen LogP contribution in [0, 0.1) is 0 Å². The third-order valence-corrected chi connectivity index (χ3v) is 6.61. The Bertz CT molecular complexity index is 573. The molecule has 6 heteroatoms. The predicted molar refractivity (Wildman–Crippen MR) is 140 cm³/mol. The molecule has 1 rings (SSSR count). The number of hydrogen-bond acceptors (Lipinski definition) is 4. The summed E-state index contributed by atoms with van der Waals surface area (Å²) in [5, 5.41) is 8.42. The van der Waals surface area contributed by atoms with E-state index in [4.69, 9.17) is 9.29 Å². The molecule has 0 bridgehead atoms. The summed E-state index contributed by atoms with van der Waals surface area (Å²) in [5.74, 6) is 0. The fourth-order valence-electron chi connectivity index (χ4n) is 3.31. The van der Waals surface area contributed by atoms with E-state index in [2.05, 4.69) is 13.8 Å². The average molecular weight is 499 g/mol. The Kier molecular flexibility index (Phi) is 28.0. The van der Waals surface area contributed by atoms with Crippen LogP contribution >= 0.6 is 0 Å². The molecule has 0 radical (unpaired) electrons. The van der Waals surface area contributed by atoms with Gasteiger partial charge in [0.05, 0.1) is 11.5 Å². The van der Waals surface area contributed by atoms with Gasteiger partial charge in [-0.1, -0.05) is 122 Å². The maximum absolute atomic E-state index is 11.9. The molecular weight excluding hydrogens is 448 g/mol. The van der Waals surface area contributed by atoms with Gasteiger partial charge in [-0.3, -0.25) is 4.18 Å². The van der Waals surface area contributed by atoms with Crippen molar-refractivity contribution in [3.05, 3.63) is 30.3 Å². The molecule has 1 N–H and O–H groups in total. The van der Waals surface area contributed by atoms with Gasteiger partial charge in [-0.2, -0.15) is 8.42 Å². The Balaban J connectivity index is 0. The van der Waals surface area contributed by atoms with Gasteiger partial charge >= 0.3 is 37.7 Å². The van der Waals surface area contributed by atoms with Gasteiger partial charge in [0.1, 0.15) is 0 Å². The molecule has 0 heterocycles. The molecule has 0 fully saturated rings. The maximum atomic E-state index is 11.9. The summed E-state index contributed by atoms with van der Waals surface area (Å²) in [6.45, 7) is 5.10. The number of rotatable bonds is 19. The molecular formula is C26H50CaO4S. The van der Waals surface area contributed by atoms with E-state index in [1.807, 2.05) is 0 Å². The summed E-state index contributed by atoms with van der Waals surface area (Å²) in [4.78, 5) is 0.238. The molecule has 0 saturated heterocycles. The second-order valence-electron chi connectivity index (χ2n) is 8.26. The first-order chi connectivity index (χ1) is 15.1. The quantitative estimate of drug-likeness (QED) is 0.130. The first-order valence-corrected chi connectivity index (χ1v) is 14.0. The standard InChI is InChI=1S/C18H30O3S.C8H18O.Ca.2H/c1-2-3-4-5-6-7-8-9-10-14-17-21-22(19,20)18-15-12-11-13-16-18;1-2-3-4-5-6-7-8-9;;;/h11-13,15-16H,2-10,14,17H2,1H3;9H,2-8H2,1H3;;;. The molecule has 0 aliphatic rings. The van der Waals surface area contributed by atoms with Crippen LogP contribution in [0.5, 0.6) is 0 Å². The number of benzene rings is 1. The molecule has 0 atom stereocenters. The van der Waals surface area contributed by atoms with Crippen LogP contribution in [0.25, 0.3) is 0 Å². The van der Waals surface area contributed by atoms with Crippen LogP contribution in [0.1, 0.15) is 117 Å². The van der Waals surface area contributed by atoms with Crippen molar-refractivity contribution in [2.75, 3.05) is 13.2 Å². The molecule has 1 aromatic rings. The summed E-state index contributed by atoms with van der Waals surface area (Å²) in [7, 11) is -3.57. The normalized spacial score (nSPS) is 10.8. The first-order valence-electron chi connectivity index (χ1n) is 12.6. The minimum absolute atomic E-state index is 0. The van der Waals surface area contributed by atoms with Crippen molar-refractivity contribution in [2.45, 2.75) is 121 Å². The molecule has 4 nitrogen and oxygen atoms in total. The van der Waals surface area contributed by atoms with Gasteiger partial charge in [0.25, 0.3) is 10.1 Å². The van der Waals surface area contributed by atoms with E-state index in [1.54, 1.807) is 30.3 Å². The van der Waals surface area contributed by atoms with E-state index >= 15 is 0 Å². The fourth-order valence-corrected chi connectivity index (χ4v) is 4.27.